The normalized spacial score (nSPS) is 12.4. The first kappa shape index (κ1) is 14.5. The van der Waals surface area contributed by atoms with Crippen LogP contribution >= 0.6 is 0 Å². The van der Waals surface area contributed by atoms with Crippen LogP contribution in [0.2, 0.25) is 0 Å². The van der Waals surface area contributed by atoms with Gasteiger partial charge >= 0.3 is 0 Å². The lowest BCUT2D eigenvalue weighted by atomic mass is 10.2. The van der Waals surface area contributed by atoms with E-state index in [1.165, 1.54) is 13.2 Å². The summed E-state index contributed by atoms with van der Waals surface area (Å²) in [5, 5.41) is 11.1. The van der Waals surface area contributed by atoms with Gasteiger partial charge in [0.25, 0.3) is 5.89 Å². The topological polar surface area (TPSA) is 60.2 Å². The van der Waals surface area contributed by atoms with Crippen molar-refractivity contribution in [2.45, 2.75) is 26.3 Å². The van der Waals surface area contributed by atoms with Gasteiger partial charge in [-0.1, -0.05) is 13.8 Å². The van der Waals surface area contributed by atoms with E-state index in [-0.39, 0.29) is 17.5 Å². The Balaban J connectivity index is 2.28. The predicted molar refractivity (Wildman–Crippen MR) is 73.0 cm³/mol. The summed E-state index contributed by atoms with van der Waals surface area (Å²) in [5.41, 5.74) is 0.274. The highest BCUT2D eigenvalue weighted by atomic mass is 19.1. The van der Waals surface area contributed by atoms with Crippen LogP contribution in [0.3, 0.4) is 0 Å². The SMILES string of the molecule is CCNC(CC)c1nnc(-c2ccc(OC)cc2F)o1. The van der Waals surface area contributed by atoms with Crippen molar-refractivity contribution in [1.29, 1.82) is 0 Å². The number of rotatable bonds is 6. The third-order valence-electron chi connectivity index (χ3n) is 3.00. The first-order valence-electron chi connectivity index (χ1n) is 6.60. The summed E-state index contributed by atoms with van der Waals surface area (Å²) in [7, 11) is 1.49. The number of nitrogens with one attached hydrogen (secondary N) is 1. The molecule has 6 heteroatoms. The van der Waals surface area contributed by atoms with Crippen LogP contribution < -0.4 is 10.1 Å². The minimum atomic E-state index is -0.448. The number of ether oxygens (including phenoxy) is 1. The Hall–Kier alpha value is -1.95. The van der Waals surface area contributed by atoms with Gasteiger partial charge in [-0.2, -0.15) is 0 Å². The lowest BCUT2D eigenvalue weighted by Gasteiger charge is -2.10. The molecule has 0 fully saturated rings. The van der Waals surface area contributed by atoms with Gasteiger partial charge in [0.1, 0.15) is 11.6 Å². The maximum atomic E-state index is 13.9. The van der Waals surface area contributed by atoms with Crippen LogP contribution in [0.15, 0.2) is 22.6 Å². The molecule has 0 saturated heterocycles. The highest BCUT2D eigenvalue weighted by Gasteiger charge is 2.18. The highest BCUT2D eigenvalue weighted by molar-refractivity contribution is 5.55. The molecule has 1 atom stereocenters. The van der Waals surface area contributed by atoms with Crippen molar-refractivity contribution in [3.8, 4) is 17.2 Å². The molecule has 20 heavy (non-hydrogen) atoms. The van der Waals surface area contributed by atoms with Crippen LogP contribution in [0.25, 0.3) is 11.5 Å². The fraction of sp³-hybridized carbons (Fsp3) is 0.429. The molecule has 0 aliphatic carbocycles. The Morgan fingerprint density at radius 1 is 1.35 bits per heavy atom. The van der Waals surface area contributed by atoms with Crippen LogP contribution in [0.4, 0.5) is 4.39 Å². The van der Waals surface area contributed by atoms with Gasteiger partial charge in [-0.15, -0.1) is 10.2 Å². The second kappa shape index (κ2) is 6.47. The second-order valence-corrected chi connectivity index (χ2v) is 4.31. The van der Waals surface area contributed by atoms with Gasteiger partial charge in [0, 0.05) is 6.07 Å². The van der Waals surface area contributed by atoms with Crippen molar-refractivity contribution in [3.05, 3.63) is 29.9 Å². The number of halogens is 1. The van der Waals surface area contributed by atoms with Gasteiger partial charge in [-0.05, 0) is 25.1 Å². The average molecular weight is 279 g/mol. The van der Waals surface area contributed by atoms with E-state index in [0.29, 0.717) is 11.6 Å². The zero-order valence-electron chi connectivity index (χ0n) is 11.8. The molecule has 0 saturated carbocycles. The number of aromatic nitrogens is 2. The second-order valence-electron chi connectivity index (χ2n) is 4.31. The predicted octanol–water partition coefficient (Wildman–Crippen LogP) is 2.94. The van der Waals surface area contributed by atoms with Crippen molar-refractivity contribution in [1.82, 2.24) is 15.5 Å². The molecule has 1 aromatic heterocycles. The summed E-state index contributed by atoms with van der Waals surface area (Å²) in [6.07, 6.45) is 0.820. The van der Waals surface area contributed by atoms with Crippen LogP contribution in [-0.4, -0.2) is 23.9 Å². The van der Waals surface area contributed by atoms with Gasteiger partial charge < -0.3 is 14.5 Å². The molecular weight excluding hydrogens is 261 g/mol. The Morgan fingerprint density at radius 3 is 2.75 bits per heavy atom. The number of methoxy groups -OCH3 is 1. The molecule has 108 valence electrons. The molecule has 0 bridgehead atoms. The van der Waals surface area contributed by atoms with Gasteiger partial charge in [-0.3, -0.25) is 0 Å². The number of nitrogens with zero attached hydrogens (tertiary/aromatic N) is 2. The number of hydrogen-bond acceptors (Lipinski definition) is 5. The Labute approximate surface area is 117 Å². The molecular formula is C14H18FN3O2. The van der Waals surface area contributed by atoms with E-state index < -0.39 is 5.82 Å². The molecule has 1 heterocycles. The van der Waals surface area contributed by atoms with E-state index in [4.69, 9.17) is 9.15 Å². The molecule has 0 aliphatic rings. The van der Waals surface area contributed by atoms with Crippen LogP contribution in [0.5, 0.6) is 5.75 Å². The summed E-state index contributed by atoms with van der Waals surface area (Å²) >= 11 is 0. The highest BCUT2D eigenvalue weighted by Crippen LogP contribution is 2.26. The molecule has 0 radical (unpaired) electrons. The van der Waals surface area contributed by atoms with E-state index in [2.05, 4.69) is 15.5 Å². The smallest absolute Gasteiger partial charge is 0.250 e. The summed E-state index contributed by atoms with van der Waals surface area (Å²) in [4.78, 5) is 0. The summed E-state index contributed by atoms with van der Waals surface area (Å²) < 4.78 is 24.5. The third-order valence-corrected chi connectivity index (χ3v) is 3.00. The standard InChI is InChI=1S/C14H18FN3O2/c1-4-12(16-5-2)14-18-17-13(20-14)10-7-6-9(19-3)8-11(10)15/h6-8,12,16H,4-5H2,1-3H3. The number of hydrogen-bond donors (Lipinski definition) is 1. The molecule has 5 nitrogen and oxygen atoms in total. The lowest BCUT2D eigenvalue weighted by Crippen LogP contribution is -2.20. The van der Waals surface area contributed by atoms with E-state index >= 15 is 0 Å². The molecule has 0 spiro atoms. The van der Waals surface area contributed by atoms with E-state index in [1.54, 1.807) is 12.1 Å². The lowest BCUT2D eigenvalue weighted by molar-refractivity contribution is 0.400. The minimum absolute atomic E-state index is 0.0115. The Kier molecular flexibility index (Phi) is 4.68. The molecule has 1 N–H and O–H groups in total. The van der Waals surface area contributed by atoms with Crippen molar-refractivity contribution in [3.63, 3.8) is 0 Å². The Morgan fingerprint density at radius 2 is 2.15 bits per heavy atom. The quantitative estimate of drug-likeness (QED) is 0.881. The van der Waals surface area contributed by atoms with Crippen LogP contribution in [0, 0.1) is 5.82 Å². The van der Waals surface area contributed by atoms with Gasteiger partial charge in [0.2, 0.25) is 5.89 Å². The van der Waals surface area contributed by atoms with Gasteiger partial charge in [-0.25, -0.2) is 4.39 Å². The Bertz CT molecular complexity index is 571. The van der Waals surface area contributed by atoms with Crippen LogP contribution in [-0.2, 0) is 0 Å². The van der Waals surface area contributed by atoms with Crippen molar-refractivity contribution in [2.75, 3.05) is 13.7 Å². The molecule has 1 unspecified atom stereocenters. The first-order chi connectivity index (χ1) is 9.69. The first-order valence-corrected chi connectivity index (χ1v) is 6.60. The third kappa shape index (κ3) is 2.96. The maximum absolute atomic E-state index is 13.9. The van der Waals surface area contributed by atoms with Crippen molar-refractivity contribution >= 4 is 0 Å². The van der Waals surface area contributed by atoms with E-state index in [0.717, 1.165) is 13.0 Å². The fourth-order valence-electron chi connectivity index (χ4n) is 1.93. The van der Waals surface area contributed by atoms with Gasteiger partial charge in [0.05, 0.1) is 18.7 Å². The average Bonchev–Trinajstić information content (AvgIpc) is 2.93. The fourth-order valence-corrected chi connectivity index (χ4v) is 1.93. The van der Waals surface area contributed by atoms with Gasteiger partial charge in [0.15, 0.2) is 0 Å². The van der Waals surface area contributed by atoms with Crippen LogP contribution in [0.1, 0.15) is 32.2 Å². The summed E-state index contributed by atoms with van der Waals surface area (Å²) in [6.45, 7) is 4.82. The monoisotopic (exact) mass is 279 g/mol. The molecule has 2 aromatic rings. The molecule has 0 aliphatic heterocycles. The zero-order valence-corrected chi connectivity index (χ0v) is 11.8. The molecule has 2 rings (SSSR count). The van der Waals surface area contributed by atoms with Crippen molar-refractivity contribution in [2.24, 2.45) is 0 Å². The van der Waals surface area contributed by atoms with E-state index in [1.807, 2.05) is 13.8 Å². The van der Waals surface area contributed by atoms with E-state index in [9.17, 15) is 4.39 Å². The summed E-state index contributed by atoms with van der Waals surface area (Å²) in [5.74, 6) is 0.650. The number of benzene rings is 1. The minimum Gasteiger partial charge on any atom is -0.497 e. The zero-order chi connectivity index (χ0) is 14.5. The summed E-state index contributed by atoms with van der Waals surface area (Å²) in [6, 6.07) is 4.51. The molecule has 1 aromatic carbocycles. The molecule has 0 amide bonds. The largest absolute Gasteiger partial charge is 0.497 e. The van der Waals surface area contributed by atoms with Crippen molar-refractivity contribution < 1.29 is 13.5 Å². The maximum Gasteiger partial charge on any atom is 0.250 e.